The van der Waals surface area contributed by atoms with Gasteiger partial charge in [0.1, 0.15) is 53.8 Å². The number of rotatable bonds is 13. The Morgan fingerprint density at radius 1 is 0.581 bits per heavy atom. The lowest BCUT2D eigenvalue weighted by atomic mass is 10.0. The maximum absolute atomic E-state index is 12.6. The number of anilines is 1. The molecule has 5 aromatic carbocycles. The number of azo groups is 3. The van der Waals surface area contributed by atoms with Crippen molar-refractivity contribution >= 4 is 107 Å². The standard InChI is InChI=1S/C30H24N8O19S5/c1-13-7-19(22(57-2)11-18(13)33-35-20-9-15(58(42,43)44)4-6-23(20)59(45,46)47)34-37-29-26(62(54,55)56)10-16-24(60(48,49)50)12-21(30(39)27(16)28(29)31)36-32-17-5-3-14(38(40)41)8-25(17)61(51,52)53/h3-12,39H,31H2,1-2H3,(H,42,43,44)(H,45,46,47)(H,48,49,50)(H,51,52,53)(H,54,55,56)/b35-33+,36-32+,37-34+. The Bertz CT molecular complexity index is 3430. The maximum atomic E-state index is 12.6. The van der Waals surface area contributed by atoms with E-state index in [4.69, 9.17) is 10.5 Å². The van der Waals surface area contributed by atoms with E-state index in [0.717, 1.165) is 19.2 Å². The van der Waals surface area contributed by atoms with Gasteiger partial charge in [-0.2, -0.15) is 47.2 Å². The SMILES string of the molecule is COc1cc(/N=N/c2cc(S(=O)(=O)O)ccc2S(=O)(=O)O)c(C)cc1/N=N/c1c(S(=O)(=O)O)cc2c(S(=O)(=O)O)cc(/N=N/c3ccc([N+](=O)[O-])cc3S(=O)(=O)O)c(O)c2c1N. The Hall–Kier alpha value is -6.49. The van der Waals surface area contributed by atoms with Gasteiger partial charge in [0.05, 0.1) is 33.7 Å². The molecule has 32 heteroatoms. The van der Waals surface area contributed by atoms with Crippen molar-refractivity contribution in [3.63, 3.8) is 0 Å². The monoisotopic (exact) mass is 960 g/mol. The van der Waals surface area contributed by atoms with Gasteiger partial charge < -0.3 is 15.6 Å². The molecular formula is C30H24N8O19S5. The van der Waals surface area contributed by atoms with E-state index in [9.17, 15) is 80.1 Å². The average molecular weight is 961 g/mol. The Morgan fingerprint density at radius 3 is 1.68 bits per heavy atom. The second kappa shape index (κ2) is 16.4. The smallest absolute Gasteiger partial charge is 0.297 e. The number of phenols is 1. The van der Waals surface area contributed by atoms with E-state index < -0.39 is 131 Å². The van der Waals surface area contributed by atoms with Crippen LogP contribution in [0.1, 0.15) is 5.56 Å². The number of nitrogen functional groups attached to an aromatic ring is 1. The third kappa shape index (κ3) is 9.83. The van der Waals surface area contributed by atoms with Gasteiger partial charge in [-0.3, -0.25) is 32.9 Å². The van der Waals surface area contributed by atoms with Crippen LogP contribution in [0.2, 0.25) is 0 Å². The van der Waals surface area contributed by atoms with Crippen molar-refractivity contribution in [2.24, 2.45) is 30.7 Å². The summed E-state index contributed by atoms with van der Waals surface area (Å²) in [7, 11) is -24.9. The Balaban J connectivity index is 1.70. The number of aromatic hydroxyl groups is 1. The molecule has 0 saturated carbocycles. The minimum absolute atomic E-state index is 0.120. The van der Waals surface area contributed by atoms with Gasteiger partial charge in [0.15, 0.2) is 5.75 Å². The van der Waals surface area contributed by atoms with Crippen LogP contribution in [0.25, 0.3) is 10.8 Å². The predicted octanol–water partition coefficient (Wildman–Crippen LogP) is 5.83. The van der Waals surface area contributed by atoms with Gasteiger partial charge in [-0.05, 0) is 55.0 Å². The van der Waals surface area contributed by atoms with Crippen molar-refractivity contribution in [3.8, 4) is 11.5 Å². The second-order valence-corrected chi connectivity index (χ2v) is 19.1. The molecule has 328 valence electrons. The van der Waals surface area contributed by atoms with Crippen LogP contribution in [0, 0.1) is 17.0 Å². The van der Waals surface area contributed by atoms with E-state index in [1.165, 1.54) is 13.0 Å². The molecule has 0 aliphatic heterocycles. The summed E-state index contributed by atoms with van der Waals surface area (Å²) in [4.78, 5) is 4.86. The number of ether oxygens (including phenoxy) is 1. The molecule has 0 aliphatic rings. The molecule has 5 rings (SSSR count). The van der Waals surface area contributed by atoms with Gasteiger partial charge >= 0.3 is 0 Å². The van der Waals surface area contributed by atoms with Crippen molar-refractivity contribution in [2.45, 2.75) is 31.4 Å². The van der Waals surface area contributed by atoms with Gasteiger partial charge in [0.25, 0.3) is 56.3 Å². The first-order valence-corrected chi connectivity index (χ1v) is 23.0. The fraction of sp³-hybridized carbons (Fsp3) is 0.0667. The normalized spacial score (nSPS) is 13.1. The highest BCUT2D eigenvalue weighted by molar-refractivity contribution is 7.87. The molecule has 0 heterocycles. The number of nitrogens with two attached hydrogens (primary N) is 1. The number of benzene rings is 5. The summed E-state index contributed by atoms with van der Waals surface area (Å²) in [5.74, 6) is -1.37. The number of hydrogen-bond donors (Lipinski definition) is 7. The number of nitro benzene ring substituents is 1. The zero-order chi connectivity index (χ0) is 46.5. The van der Waals surface area contributed by atoms with E-state index in [-0.39, 0.29) is 22.7 Å². The molecule has 8 N–H and O–H groups in total. The zero-order valence-electron chi connectivity index (χ0n) is 30.5. The average Bonchev–Trinajstić information content (AvgIpc) is 3.14. The number of methoxy groups -OCH3 is 1. The first-order chi connectivity index (χ1) is 28.4. The van der Waals surface area contributed by atoms with Crippen LogP contribution >= 0.6 is 0 Å². The van der Waals surface area contributed by atoms with Crippen LogP contribution in [0.5, 0.6) is 11.5 Å². The Morgan fingerprint density at radius 2 is 1.13 bits per heavy atom. The molecule has 0 radical (unpaired) electrons. The van der Waals surface area contributed by atoms with E-state index in [2.05, 4.69) is 30.7 Å². The van der Waals surface area contributed by atoms with Crippen molar-refractivity contribution in [1.82, 2.24) is 0 Å². The highest BCUT2D eigenvalue weighted by Crippen LogP contribution is 2.49. The maximum Gasteiger partial charge on any atom is 0.297 e. The molecular weight excluding hydrogens is 937 g/mol. The summed E-state index contributed by atoms with van der Waals surface area (Å²) in [5.41, 5.74) is 0.787. The molecule has 0 unspecified atom stereocenters. The summed E-state index contributed by atoms with van der Waals surface area (Å²) in [6.45, 7) is 1.37. The van der Waals surface area contributed by atoms with Crippen LogP contribution in [-0.4, -0.2) is 82.0 Å². The topological polar surface area (TPSA) is 445 Å². The summed E-state index contributed by atoms with van der Waals surface area (Å²) >= 11 is 0. The Labute approximate surface area is 347 Å². The van der Waals surface area contributed by atoms with Gasteiger partial charge in [0, 0.05) is 23.6 Å². The zero-order valence-corrected chi connectivity index (χ0v) is 34.6. The molecule has 0 aliphatic carbocycles. The lowest BCUT2D eigenvalue weighted by Gasteiger charge is -2.14. The fourth-order valence-corrected chi connectivity index (χ4v) is 8.40. The van der Waals surface area contributed by atoms with Crippen LogP contribution in [0.4, 0.5) is 45.5 Å². The molecule has 0 bridgehead atoms. The molecule has 0 spiro atoms. The van der Waals surface area contributed by atoms with E-state index in [1.807, 2.05) is 0 Å². The van der Waals surface area contributed by atoms with E-state index in [1.54, 1.807) is 0 Å². The molecule has 62 heavy (non-hydrogen) atoms. The van der Waals surface area contributed by atoms with Crippen LogP contribution in [0.15, 0.2) is 116 Å². The number of fused-ring (bicyclic) bond motifs is 1. The third-order valence-electron chi connectivity index (χ3n) is 8.10. The Kier molecular flexibility index (Phi) is 12.3. The quantitative estimate of drug-likeness (QED) is 0.0240. The number of non-ortho nitro benzene ring substituents is 1. The van der Waals surface area contributed by atoms with Gasteiger partial charge in [-0.25, -0.2) is 0 Å². The largest absolute Gasteiger partial charge is 0.505 e. The number of aryl methyl sites for hydroxylation is 1. The molecule has 5 aromatic rings. The number of hydrogen-bond acceptors (Lipinski definition) is 21. The highest BCUT2D eigenvalue weighted by Gasteiger charge is 2.29. The van der Waals surface area contributed by atoms with Crippen LogP contribution in [-0.2, 0) is 50.6 Å². The number of nitro groups is 1. The summed E-state index contributed by atoms with van der Waals surface area (Å²) in [5, 5.41) is 43.0. The number of nitrogens with zero attached hydrogens (tertiary/aromatic N) is 7. The van der Waals surface area contributed by atoms with Crippen molar-refractivity contribution in [3.05, 3.63) is 76.3 Å². The van der Waals surface area contributed by atoms with Crippen LogP contribution < -0.4 is 10.5 Å². The first-order valence-electron chi connectivity index (χ1n) is 15.8. The fourth-order valence-electron chi connectivity index (χ4n) is 5.30. The lowest BCUT2D eigenvalue weighted by molar-refractivity contribution is -0.385. The second-order valence-electron chi connectivity index (χ2n) is 12.1. The van der Waals surface area contributed by atoms with Gasteiger partial charge in [-0.1, -0.05) is 0 Å². The van der Waals surface area contributed by atoms with Crippen molar-refractivity contribution < 1.29 is 79.6 Å². The van der Waals surface area contributed by atoms with E-state index >= 15 is 0 Å². The minimum Gasteiger partial charge on any atom is -0.505 e. The summed E-state index contributed by atoms with van der Waals surface area (Å²) in [6.07, 6.45) is 0. The van der Waals surface area contributed by atoms with Crippen molar-refractivity contribution in [1.29, 1.82) is 0 Å². The first kappa shape index (κ1) is 46.6. The third-order valence-corrected chi connectivity index (χ3v) is 12.5. The molecule has 0 aromatic heterocycles. The van der Waals surface area contributed by atoms with Gasteiger partial charge in [-0.15, -0.1) is 25.6 Å². The van der Waals surface area contributed by atoms with E-state index in [0.29, 0.717) is 42.5 Å². The molecule has 0 atom stereocenters. The van der Waals surface area contributed by atoms with Gasteiger partial charge in [0.2, 0.25) is 0 Å². The highest BCUT2D eigenvalue weighted by atomic mass is 32.2. The predicted molar refractivity (Wildman–Crippen MR) is 209 cm³/mol. The molecule has 0 amide bonds. The molecule has 0 saturated heterocycles. The lowest BCUT2D eigenvalue weighted by Crippen LogP contribution is -2.05. The minimum atomic E-state index is -5.44. The number of phenolic OH excluding ortho intramolecular Hbond substituents is 1. The summed E-state index contributed by atoms with van der Waals surface area (Å²) < 4.78 is 175. The molecule has 27 nitrogen and oxygen atoms in total. The summed E-state index contributed by atoms with van der Waals surface area (Å²) in [6, 6.07) is 6.92. The van der Waals surface area contributed by atoms with Crippen LogP contribution in [0.3, 0.4) is 0 Å². The molecule has 0 fully saturated rings. The van der Waals surface area contributed by atoms with Crippen molar-refractivity contribution in [2.75, 3.05) is 12.8 Å².